The van der Waals surface area contributed by atoms with E-state index >= 15 is 0 Å². The quantitative estimate of drug-likeness (QED) is 0.454. The molecule has 10 nitrogen and oxygen atoms in total. The normalized spacial score (nSPS) is 32.9. The van der Waals surface area contributed by atoms with E-state index in [4.69, 9.17) is 0 Å². The van der Waals surface area contributed by atoms with Crippen molar-refractivity contribution in [2.75, 3.05) is 19.6 Å². The number of carbonyl (C=O) groups is 4. The number of urea groups is 1. The zero-order chi connectivity index (χ0) is 29.5. The SMILES string of the molecule is CC(C)(C)C(NC(=O)N1CC2(CCCC2)C1)C(=O)N1CC2C(C1C(=O)NC(C#N)CC1CC3(CC3)NC1=O)C2(C)C. The van der Waals surface area contributed by atoms with Crippen LogP contribution in [-0.2, 0) is 14.4 Å². The summed E-state index contributed by atoms with van der Waals surface area (Å²) in [5.41, 5.74) is -0.473. The number of likely N-dealkylation sites (tertiary alicyclic amines) is 2. The van der Waals surface area contributed by atoms with Crippen molar-refractivity contribution in [1.82, 2.24) is 25.8 Å². The van der Waals surface area contributed by atoms with Crippen LogP contribution in [0.25, 0.3) is 0 Å². The van der Waals surface area contributed by atoms with Gasteiger partial charge in [-0.05, 0) is 61.2 Å². The zero-order valence-corrected chi connectivity index (χ0v) is 25.2. The molecule has 0 radical (unpaired) electrons. The second-order valence-electron chi connectivity index (χ2n) is 15.8. The van der Waals surface area contributed by atoms with Gasteiger partial charge in [0.2, 0.25) is 17.7 Å². The number of nitriles is 1. The molecule has 3 aliphatic heterocycles. The molecule has 6 aliphatic rings. The molecular formula is C31H46N6O4. The average Bonchev–Trinajstić information content (AvgIpc) is 3.43. The van der Waals surface area contributed by atoms with E-state index in [1.807, 2.05) is 25.7 Å². The van der Waals surface area contributed by atoms with Gasteiger partial charge in [-0.2, -0.15) is 5.26 Å². The topological polar surface area (TPSA) is 135 Å². The lowest BCUT2D eigenvalue weighted by molar-refractivity contribution is -0.144. The van der Waals surface area contributed by atoms with Crippen LogP contribution < -0.4 is 16.0 Å². The molecule has 224 valence electrons. The maximum atomic E-state index is 14.1. The molecule has 6 fully saturated rings. The Morgan fingerprint density at radius 3 is 2.32 bits per heavy atom. The van der Waals surface area contributed by atoms with Crippen molar-refractivity contribution in [2.24, 2.45) is 34.0 Å². The summed E-state index contributed by atoms with van der Waals surface area (Å²) < 4.78 is 0. The van der Waals surface area contributed by atoms with E-state index in [1.165, 1.54) is 12.8 Å². The molecule has 3 saturated carbocycles. The molecule has 2 spiro atoms. The number of rotatable bonds is 6. The Hall–Kier alpha value is -2.83. The highest BCUT2D eigenvalue weighted by atomic mass is 16.2. The largest absolute Gasteiger partial charge is 0.350 e. The lowest BCUT2D eigenvalue weighted by Gasteiger charge is -2.49. The van der Waals surface area contributed by atoms with Crippen LogP contribution >= 0.6 is 0 Å². The van der Waals surface area contributed by atoms with E-state index in [0.29, 0.717) is 13.0 Å². The van der Waals surface area contributed by atoms with Gasteiger partial charge in [0.15, 0.2) is 0 Å². The predicted molar refractivity (Wildman–Crippen MR) is 151 cm³/mol. The summed E-state index contributed by atoms with van der Waals surface area (Å²) in [7, 11) is 0. The maximum absolute atomic E-state index is 14.1. The van der Waals surface area contributed by atoms with Gasteiger partial charge in [-0.3, -0.25) is 14.4 Å². The lowest BCUT2D eigenvalue weighted by Crippen LogP contribution is -2.65. The molecule has 0 aromatic carbocycles. The molecule has 3 heterocycles. The second kappa shape index (κ2) is 9.34. The fourth-order valence-electron chi connectivity index (χ4n) is 8.53. The fourth-order valence-corrected chi connectivity index (χ4v) is 8.53. The van der Waals surface area contributed by atoms with Gasteiger partial charge >= 0.3 is 6.03 Å². The van der Waals surface area contributed by atoms with Crippen LogP contribution in [0.15, 0.2) is 0 Å². The number of carbonyl (C=O) groups excluding carboxylic acids is 4. The Labute approximate surface area is 243 Å². The predicted octanol–water partition coefficient (Wildman–Crippen LogP) is 2.54. The summed E-state index contributed by atoms with van der Waals surface area (Å²) >= 11 is 0. The zero-order valence-electron chi connectivity index (χ0n) is 25.2. The van der Waals surface area contributed by atoms with Gasteiger partial charge in [-0.1, -0.05) is 47.5 Å². The first-order valence-electron chi connectivity index (χ1n) is 15.6. The Balaban J connectivity index is 1.14. The van der Waals surface area contributed by atoms with Gasteiger partial charge in [0.1, 0.15) is 18.1 Å². The minimum atomic E-state index is -0.808. The van der Waals surface area contributed by atoms with Gasteiger partial charge in [-0.15, -0.1) is 0 Å². The number of hydrogen-bond acceptors (Lipinski definition) is 5. The molecule has 6 atom stereocenters. The Kier molecular flexibility index (Phi) is 6.44. The third-order valence-corrected chi connectivity index (χ3v) is 11.4. The van der Waals surface area contributed by atoms with Gasteiger partial charge in [0.05, 0.1) is 6.07 Å². The highest BCUT2D eigenvalue weighted by molar-refractivity contribution is 5.94. The fraction of sp³-hybridized carbons (Fsp3) is 0.839. The van der Waals surface area contributed by atoms with Crippen molar-refractivity contribution >= 4 is 23.8 Å². The highest BCUT2D eigenvalue weighted by Crippen LogP contribution is 2.65. The standard InChI is InChI=1S/C31H46N6O4/c1-28(2,3)23(34-27(41)36-16-30(17-36)8-6-7-9-30)26(40)37-15-20-21(29(20,4)5)22(37)25(39)33-19(14-32)12-18-13-31(10-11-31)35-24(18)38/h18-23H,6-13,15-17H2,1-5H3,(H,33,39)(H,34,41)(H,35,38). The smallest absolute Gasteiger partial charge is 0.318 e. The van der Waals surface area contributed by atoms with Crippen LogP contribution in [0.3, 0.4) is 0 Å². The Morgan fingerprint density at radius 2 is 1.76 bits per heavy atom. The molecular weight excluding hydrogens is 520 g/mol. The van der Waals surface area contributed by atoms with Crippen LogP contribution in [0, 0.1) is 45.3 Å². The molecule has 0 aromatic rings. The van der Waals surface area contributed by atoms with E-state index in [0.717, 1.165) is 38.8 Å². The van der Waals surface area contributed by atoms with Crippen molar-refractivity contribution in [3.05, 3.63) is 0 Å². The van der Waals surface area contributed by atoms with Gasteiger partial charge in [0.25, 0.3) is 0 Å². The molecule has 3 aliphatic carbocycles. The van der Waals surface area contributed by atoms with E-state index < -0.39 is 23.5 Å². The average molecular weight is 567 g/mol. The second-order valence-corrected chi connectivity index (χ2v) is 15.8. The summed E-state index contributed by atoms with van der Waals surface area (Å²) in [5, 5.41) is 18.9. The van der Waals surface area contributed by atoms with Crippen molar-refractivity contribution in [3.8, 4) is 6.07 Å². The molecule has 6 rings (SSSR count). The Morgan fingerprint density at radius 1 is 1.10 bits per heavy atom. The third-order valence-electron chi connectivity index (χ3n) is 11.4. The number of nitrogens with zero attached hydrogens (tertiary/aromatic N) is 3. The molecule has 0 bridgehead atoms. The van der Waals surface area contributed by atoms with Crippen LogP contribution in [0.1, 0.15) is 86.0 Å². The minimum absolute atomic E-state index is 0.00997. The molecule has 41 heavy (non-hydrogen) atoms. The number of fused-ring (bicyclic) bond motifs is 1. The van der Waals surface area contributed by atoms with Crippen molar-refractivity contribution in [1.29, 1.82) is 5.26 Å². The highest BCUT2D eigenvalue weighted by Gasteiger charge is 2.70. The molecule has 10 heteroatoms. The Bertz CT molecular complexity index is 1180. The monoisotopic (exact) mass is 566 g/mol. The van der Waals surface area contributed by atoms with E-state index in [-0.39, 0.29) is 64.3 Å². The molecule has 6 unspecified atom stereocenters. The molecule has 0 aromatic heterocycles. The summed E-state index contributed by atoms with van der Waals surface area (Å²) in [5.74, 6) is -0.741. The van der Waals surface area contributed by atoms with Crippen LogP contribution in [0.4, 0.5) is 4.79 Å². The van der Waals surface area contributed by atoms with Gasteiger partial charge in [0, 0.05) is 36.5 Å². The first kappa shape index (κ1) is 28.3. The summed E-state index contributed by atoms with van der Waals surface area (Å²) in [6.45, 7) is 12.0. The maximum Gasteiger partial charge on any atom is 0.318 e. The number of amides is 5. The van der Waals surface area contributed by atoms with Crippen LogP contribution in [-0.4, -0.2) is 76.9 Å². The van der Waals surface area contributed by atoms with E-state index in [9.17, 15) is 24.4 Å². The lowest BCUT2D eigenvalue weighted by atomic mass is 9.78. The van der Waals surface area contributed by atoms with Crippen LogP contribution in [0.5, 0.6) is 0 Å². The first-order chi connectivity index (χ1) is 19.2. The van der Waals surface area contributed by atoms with E-state index in [2.05, 4.69) is 35.9 Å². The third kappa shape index (κ3) is 4.87. The summed E-state index contributed by atoms with van der Waals surface area (Å²) in [6, 6.07) is -0.328. The first-order valence-corrected chi connectivity index (χ1v) is 15.6. The van der Waals surface area contributed by atoms with Gasteiger partial charge in [-0.25, -0.2) is 4.79 Å². The van der Waals surface area contributed by atoms with Crippen molar-refractivity contribution in [3.63, 3.8) is 0 Å². The van der Waals surface area contributed by atoms with Gasteiger partial charge < -0.3 is 25.8 Å². The van der Waals surface area contributed by atoms with E-state index in [1.54, 1.807) is 4.90 Å². The van der Waals surface area contributed by atoms with Crippen LogP contribution in [0.2, 0.25) is 0 Å². The van der Waals surface area contributed by atoms with Crippen molar-refractivity contribution in [2.45, 2.75) is 110 Å². The molecule has 3 saturated heterocycles. The summed E-state index contributed by atoms with van der Waals surface area (Å²) in [6.07, 6.45) is 7.69. The molecule has 3 N–H and O–H groups in total. The van der Waals surface area contributed by atoms with Crippen molar-refractivity contribution < 1.29 is 19.2 Å². The minimum Gasteiger partial charge on any atom is -0.350 e. The summed E-state index contributed by atoms with van der Waals surface area (Å²) in [4.78, 5) is 57.2. The number of hydrogen-bond donors (Lipinski definition) is 3. The molecule has 5 amide bonds. The number of piperidine rings is 1. The number of nitrogens with one attached hydrogen (secondary N) is 3.